The third kappa shape index (κ3) is 4.59. The van der Waals surface area contributed by atoms with Crippen LogP contribution in [0.5, 0.6) is 0 Å². The van der Waals surface area contributed by atoms with Crippen LogP contribution < -0.4 is 5.32 Å². The second-order valence-electron chi connectivity index (χ2n) is 3.62. The average molecular weight is 204 g/mol. The van der Waals surface area contributed by atoms with Crippen LogP contribution in [0.3, 0.4) is 0 Å². The fraction of sp³-hybridized carbons (Fsp3) is 0.417. The van der Waals surface area contributed by atoms with E-state index >= 15 is 0 Å². The Morgan fingerprint density at radius 2 is 2.07 bits per heavy atom. The van der Waals surface area contributed by atoms with Crippen LogP contribution in [0.15, 0.2) is 24.3 Å². The second-order valence-corrected chi connectivity index (χ2v) is 3.62. The zero-order valence-electron chi connectivity index (χ0n) is 8.90. The molecule has 0 radical (unpaired) electrons. The zero-order valence-corrected chi connectivity index (χ0v) is 8.90. The number of hydrogen-bond donors (Lipinski definition) is 2. The summed E-state index contributed by atoms with van der Waals surface area (Å²) < 4.78 is 0. The minimum absolute atomic E-state index is 0.251. The highest BCUT2D eigenvalue weighted by molar-refractivity contribution is 5.31. The lowest BCUT2D eigenvalue weighted by Crippen LogP contribution is -2.18. The predicted molar refractivity (Wildman–Crippen MR) is 59.2 cm³/mol. The zero-order chi connectivity index (χ0) is 11.1. The second kappa shape index (κ2) is 6.18. The molecule has 15 heavy (non-hydrogen) atoms. The van der Waals surface area contributed by atoms with E-state index in [2.05, 4.69) is 11.4 Å². The van der Waals surface area contributed by atoms with E-state index in [1.165, 1.54) is 0 Å². The first-order valence-electron chi connectivity index (χ1n) is 5.10. The number of hydrogen-bond acceptors (Lipinski definition) is 3. The van der Waals surface area contributed by atoms with Crippen molar-refractivity contribution in [2.45, 2.75) is 26.0 Å². The molecule has 3 nitrogen and oxygen atoms in total. The largest absolute Gasteiger partial charge is 0.393 e. The molecule has 3 heteroatoms. The van der Waals surface area contributed by atoms with Gasteiger partial charge >= 0.3 is 0 Å². The molecule has 0 aliphatic rings. The number of nitrogens with zero attached hydrogens (tertiary/aromatic N) is 1. The van der Waals surface area contributed by atoms with E-state index in [9.17, 15) is 0 Å². The van der Waals surface area contributed by atoms with Gasteiger partial charge in [0.1, 0.15) is 0 Å². The third-order valence-corrected chi connectivity index (χ3v) is 2.15. The predicted octanol–water partition coefficient (Wildman–Crippen LogP) is 1.42. The first-order valence-corrected chi connectivity index (χ1v) is 5.10. The van der Waals surface area contributed by atoms with Gasteiger partial charge in [0.25, 0.3) is 0 Å². The summed E-state index contributed by atoms with van der Waals surface area (Å²) in [6.45, 7) is 3.36. The normalized spacial score (nSPS) is 12.1. The maximum absolute atomic E-state index is 9.04. The number of nitrogens with one attached hydrogen (secondary N) is 1. The summed E-state index contributed by atoms with van der Waals surface area (Å²) in [6, 6.07) is 9.58. The molecule has 2 N–H and O–H groups in total. The lowest BCUT2D eigenvalue weighted by atomic mass is 10.1. The van der Waals surface area contributed by atoms with Crippen molar-refractivity contribution >= 4 is 0 Å². The van der Waals surface area contributed by atoms with E-state index in [1.807, 2.05) is 24.3 Å². The van der Waals surface area contributed by atoms with Gasteiger partial charge in [0, 0.05) is 6.54 Å². The van der Waals surface area contributed by atoms with Gasteiger partial charge in [-0.2, -0.15) is 5.26 Å². The summed E-state index contributed by atoms with van der Waals surface area (Å²) in [5.41, 5.74) is 1.84. The molecule has 0 heterocycles. The number of aliphatic hydroxyl groups is 1. The van der Waals surface area contributed by atoms with Gasteiger partial charge in [0.2, 0.25) is 0 Å². The highest BCUT2D eigenvalue weighted by atomic mass is 16.3. The summed E-state index contributed by atoms with van der Waals surface area (Å²) in [6.07, 6.45) is 0.509. The van der Waals surface area contributed by atoms with Gasteiger partial charge < -0.3 is 10.4 Å². The Labute approximate surface area is 90.4 Å². The molecule has 0 fully saturated rings. The van der Waals surface area contributed by atoms with E-state index < -0.39 is 0 Å². The van der Waals surface area contributed by atoms with Gasteiger partial charge in [-0.15, -0.1) is 0 Å². The van der Waals surface area contributed by atoms with E-state index in [4.69, 9.17) is 10.4 Å². The molecule has 0 spiro atoms. The minimum atomic E-state index is -0.251. The van der Waals surface area contributed by atoms with Crippen molar-refractivity contribution in [3.05, 3.63) is 35.4 Å². The Balaban J connectivity index is 2.29. The maximum Gasteiger partial charge on any atom is 0.0991 e. The molecule has 1 aromatic rings. The Bertz CT molecular complexity index is 324. The Morgan fingerprint density at radius 1 is 1.40 bits per heavy atom. The highest BCUT2D eigenvalue weighted by Crippen LogP contribution is 2.02. The van der Waals surface area contributed by atoms with Crippen molar-refractivity contribution in [3.8, 4) is 6.07 Å². The number of rotatable bonds is 5. The maximum atomic E-state index is 9.04. The van der Waals surface area contributed by atoms with Gasteiger partial charge in [0.05, 0.1) is 17.7 Å². The van der Waals surface area contributed by atoms with E-state index in [1.54, 1.807) is 6.92 Å². The lowest BCUT2D eigenvalue weighted by molar-refractivity contribution is 0.183. The van der Waals surface area contributed by atoms with Crippen molar-refractivity contribution in [2.75, 3.05) is 6.54 Å². The number of nitriles is 1. The summed E-state index contributed by atoms with van der Waals surface area (Å²) in [5.74, 6) is 0. The highest BCUT2D eigenvalue weighted by Gasteiger charge is 1.96. The van der Waals surface area contributed by atoms with Crippen LogP contribution in [-0.4, -0.2) is 17.8 Å². The minimum Gasteiger partial charge on any atom is -0.393 e. The quantitative estimate of drug-likeness (QED) is 0.713. The van der Waals surface area contributed by atoms with Crippen LogP contribution >= 0.6 is 0 Å². The fourth-order valence-corrected chi connectivity index (χ4v) is 1.24. The van der Waals surface area contributed by atoms with Gasteiger partial charge in [-0.3, -0.25) is 0 Å². The first-order chi connectivity index (χ1) is 7.22. The number of benzene rings is 1. The lowest BCUT2D eigenvalue weighted by Gasteiger charge is -2.06. The molecule has 0 aliphatic carbocycles. The Hall–Kier alpha value is -1.37. The molecule has 1 atom stereocenters. The molecule has 0 saturated carbocycles. The van der Waals surface area contributed by atoms with Crippen molar-refractivity contribution in [1.82, 2.24) is 5.32 Å². The number of aliphatic hydroxyl groups excluding tert-OH is 1. The SMILES string of the molecule is C[C@H](O)CCNCc1ccc(C#N)cc1. The Kier molecular flexibility index (Phi) is 4.82. The van der Waals surface area contributed by atoms with Gasteiger partial charge in [-0.05, 0) is 37.6 Å². The van der Waals surface area contributed by atoms with E-state index in [0.717, 1.165) is 25.1 Å². The molecule has 0 unspecified atom stereocenters. The third-order valence-electron chi connectivity index (χ3n) is 2.15. The van der Waals surface area contributed by atoms with Crippen LogP contribution in [-0.2, 0) is 6.54 Å². The molecule has 1 aromatic carbocycles. The van der Waals surface area contributed by atoms with Crippen molar-refractivity contribution in [3.63, 3.8) is 0 Å². The molecule has 80 valence electrons. The van der Waals surface area contributed by atoms with Crippen molar-refractivity contribution in [1.29, 1.82) is 5.26 Å². The van der Waals surface area contributed by atoms with E-state index in [0.29, 0.717) is 5.56 Å². The van der Waals surface area contributed by atoms with Gasteiger partial charge in [0.15, 0.2) is 0 Å². The van der Waals surface area contributed by atoms with Gasteiger partial charge in [-0.25, -0.2) is 0 Å². The average Bonchev–Trinajstić information content (AvgIpc) is 2.25. The fourth-order valence-electron chi connectivity index (χ4n) is 1.24. The topological polar surface area (TPSA) is 56.0 Å². The molecule has 0 amide bonds. The molecule has 0 aliphatic heterocycles. The summed E-state index contributed by atoms with van der Waals surface area (Å²) >= 11 is 0. The van der Waals surface area contributed by atoms with Crippen molar-refractivity contribution in [2.24, 2.45) is 0 Å². The molecule has 1 rings (SSSR count). The van der Waals surface area contributed by atoms with Crippen LogP contribution in [0, 0.1) is 11.3 Å². The smallest absolute Gasteiger partial charge is 0.0991 e. The van der Waals surface area contributed by atoms with Crippen LogP contribution in [0.4, 0.5) is 0 Å². The Morgan fingerprint density at radius 3 is 2.60 bits per heavy atom. The standard InChI is InChI=1S/C12H16N2O/c1-10(15)6-7-14-9-12-4-2-11(8-13)3-5-12/h2-5,10,14-15H,6-7,9H2,1H3/t10-/m0/s1. The first kappa shape index (κ1) is 11.7. The molecular weight excluding hydrogens is 188 g/mol. The molecule has 0 bridgehead atoms. The molecular formula is C12H16N2O. The summed E-state index contributed by atoms with van der Waals surface area (Å²) in [4.78, 5) is 0. The van der Waals surface area contributed by atoms with Gasteiger partial charge in [-0.1, -0.05) is 12.1 Å². The summed E-state index contributed by atoms with van der Waals surface area (Å²) in [7, 11) is 0. The van der Waals surface area contributed by atoms with Crippen LogP contribution in [0.1, 0.15) is 24.5 Å². The van der Waals surface area contributed by atoms with E-state index in [-0.39, 0.29) is 6.10 Å². The van der Waals surface area contributed by atoms with Crippen LogP contribution in [0.2, 0.25) is 0 Å². The molecule has 0 saturated heterocycles. The van der Waals surface area contributed by atoms with Crippen LogP contribution in [0.25, 0.3) is 0 Å². The summed E-state index contributed by atoms with van der Waals surface area (Å²) in [5, 5.41) is 20.9. The van der Waals surface area contributed by atoms with Crippen molar-refractivity contribution < 1.29 is 5.11 Å². The molecule has 0 aromatic heterocycles. The monoisotopic (exact) mass is 204 g/mol.